The van der Waals surface area contributed by atoms with Crippen LogP contribution in [-0.2, 0) is 12.8 Å². The number of aromatic nitrogens is 2. The van der Waals surface area contributed by atoms with Gasteiger partial charge in [0.05, 0.1) is 5.54 Å². The Labute approximate surface area is 121 Å². The largest absolute Gasteiger partial charge is 0.363 e. The van der Waals surface area contributed by atoms with Crippen LogP contribution >= 0.6 is 11.6 Å². The van der Waals surface area contributed by atoms with Crippen molar-refractivity contribution in [1.82, 2.24) is 9.97 Å². The van der Waals surface area contributed by atoms with E-state index in [0.29, 0.717) is 5.88 Å². The first-order valence-corrected chi connectivity index (χ1v) is 7.95. The predicted octanol–water partition coefficient (Wildman–Crippen LogP) is 3.96. The third kappa shape index (κ3) is 3.19. The van der Waals surface area contributed by atoms with E-state index in [1.165, 1.54) is 30.5 Å². The van der Waals surface area contributed by atoms with Crippen LogP contribution in [0, 0.1) is 0 Å². The molecule has 0 amide bonds. The molecule has 0 fully saturated rings. The van der Waals surface area contributed by atoms with Crippen LogP contribution in [0.1, 0.15) is 57.2 Å². The highest BCUT2D eigenvalue weighted by atomic mass is 35.5. The first kappa shape index (κ1) is 14.6. The minimum absolute atomic E-state index is 0.0457. The standard InChI is InChI=1S/C15H24ClN3/c1-3-15(4-2,10-16)19-14-12-8-6-5-7-9-13(12)17-11-18-14/h11H,3-10H2,1-2H3,(H,17,18,19). The Morgan fingerprint density at radius 3 is 2.58 bits per heavy atom. The lowest BCUT2D eigenvalue weighted by atomic mass is 9.94. The summed E-state index contributed by atoms with van der Waals surface area (Å²) in [6.07, 6.45) is 9.64. The molecular formula is C15H24ClN3. The van der Waals surface area contributed by atoms with E-state index in [1.807, 2.05) is 0 Å². The van der Waals surface area contributed by atoms with Gasteiger partial charge in [-0.1, -0.05) is 20.3 Å². The first-order chi connectivity index (χ1) is 9.24. The third-order valence-corrected chi connectivity index (χ3v) is 4.88. The predicted molar refractivity (Wildman–Crippen MR) is 80.9 cm³/mol. The SMILES string of the molecule is CCC(CC)(CCl)Nc1ncnc2c1CCCCC2. The van der Waals surface area contributed by atoms with E-state index in [1.54, 1.807) is 6.33 Å². The second-order valence-electron chi connectivity index (χ2n) is 5.45. The molecule has 0 bridgehead atoms. The molecule has 1 aliphatic carbocycles. The monoisotopic (exact) mass is 281 g/mol. The van der Waals surface area contributed by atoms with Gasteiger partial charge in [0.2, 0.25) is 0 Å². The van der Waals surface area contributed by atoms with Crippen molar-refractivity contribution in [3.63, 3.8) is 0 Å². The summed E-state index contributed by atoms with van der Waals surface area (Å²) in [5.41, 5.74) is 2.50. The van der Waals surface area contributed by atoms with Crippen LogP contribution in [0.15, 0.2) is 6.33 Å². The van der Waals surface area contributed by atoms with Crippen molar-refractivity contribution in [2.75, 3.05) is 11.2 Å². The second kappa shape index (κ2) is 6.56. The zero-order valence-corrected chi connectivity index (χ0v) is 12.8. The second-order valence-corrected chi connectivity index (χ2v) is 5.72. The fourth-order valence-electron chi connectivity index (χ4n) is 2.71. The van der Waals surface area contributed by atoms with Crippen LogP contribution in [0.5, 0.6) is 0 Å². The summed E-state index contributed by atoms with van der Waals surface area (Å²) in [4.78, 5) is 8.94. The zero-order chi connectivity index (χ0) is 13.7. The Balaban J connectivity index is 2.30. The topological polar surface area (TPSA) is 37.8 Å². The molecule has 1 heterocycles. The molecule has 0 aliphatic heterocycles. The summed E-state index contributed by atoms with van der Waals surface area (Å²) in [6.45, 7) is 4.36. The van der Waals surface area contributed by atoms with Gasteiger partial charge in [-0.3, -0.25) is 0 Å². The van der Waals surface area contributed by atoms with Crippen molar-refractivity contribution in [3.8, 4) is 0 Å². The smallest absolute Gasteiger partial charge is 0.133 e. The highest BCUT2D eigenvalue weighted by Gasteiger charge is 2.27. The molecule has 0 saturated carbocycles. The fourth-order valence-corrected chi connectivity index (χ4v) is 3.15. The molecule has 0 aromatic carbocycles. The summed E-state index contributed by atoms with van der Waals surface area (Å²) in [5.74, 6) is 1.62. The van der Waals surface area contributed by atoms with Crippen molar-refractivity contribution in [1.29, 1.82) is 0 Å². The van der Waals surface area contributed by atoms with E-state index in [-0.39, 0.29) is 5.54 Å². The van der Waals surface area contributed by atoms with Crippen molar-refractivity contribution in [2.24, 2.45) is 0 Å². The highest BCUT2D eigenvalue weighted by molar-refractivity contribution is 6.18. The lowest BCUT2D eigenvalue weighted by molar-refractivity contribution is 0.481. The normalized spacial score (nSPS) is 15.7. The lowest BCUT2D eigenvalue weighted by Gasteiger charge is -2.32. The molecule has 1 aromatic rings. The molecule has 0 unspecified atom stereocenters. The number of fused-ring (bicyclic) bond motifs is 1. The highest BCUT2D eigenvalue weighted by Crippen LogP contribution is 2.28. The first-order valence-electron chi connectivity index (χ1n) is 7.41. The van der Waals surface area contributed by atoms with Crippen LogP contribution < -0.4 is 5.32 Å². The average Bonchev–Trinajstić information content (AvgIpc) is 2.71. The molecule has 3 nitrogen and oxygen atoms in total. The molecule has 1 aromatic heterocycles. The molecule has 1 aliphatic rings. The Kier molecular flexibility index (Phi) is 5.03. The summed E-state index contributed by atoms with van der Waals surface area (Å²) in [6, 6.07) is 0. The molecule has 2 rings (SSSR count). The summed E-state index contributed by atoms with van der Waals surface area (Å²) in [5, 5.41) is 3.61. The van der Waals surface area contributed by atoms with Crippen molar-refractivity contribution in [3.05, 3.63) is 17.6 Å². The number of halogens is 1. The minimum atomic E-state index is -0.0457. The Morgan fingerprint density at radius 2 is 1.89 bits per heavy atom. The quantitative estimate of drug-likeness (QED) is 0.656. The Morgan fingerprint density at radius 1 is 1.16 bits per heavy atom. The fraction of sp³-hybridized carbons (Fsp3) is 0.733. The Bertz CT molecular complexity index is 408. The zero-order valence-electron chi connectivity index (χ0n) is 12.0. The summed E-state index contributed by atoms with van der Waals surface area (Å²) < 4.78 is 0. The van der Waals surface area contributed by atoms with Crippen LogP contribution in [0.25, 0.3) is 0 Å². The average molecular weight is 282 g/mol. The number of hydrogen-bond acceptors (Lipinski definition) is 3. The lowest BCUT2D eigenvalue weighted by Crippen LogP contribution is -2.39. The molecule has 4 heteroatoms. The van der Waals surface area contributed by atoms with Gasteiger partial charge in [-0.2, -0.15) is 0 Å². The van der Waals surface area contributed by atoms with Gasteiger partial charge < -0.3 is 5.32 Å². The number of anilines is 1. The molecule has 106 valence electrons. The molecule has 0 spiro atoms. The van der Waals surface area contributed by atoms with Crippen LogP contribution in [0.4, 0.5) is 5.82 Å². The van der Waals surface area contributed by atoms with Crippen molar-refractivity contribution in [2.45, 2.75) is 64.3 Å². The molecule has 1 N–H and O–H groups in total. The number of nitrogens with zero attached hydrogens (tertiary/aromatic N) is 2. The Hall–Kier alpha value is -0.830. The van der Waals surface area contributed by atoms with Gasteiger partial charge in [-0.05, 0) is 38.5 Å². The molecular weight excluding hydrogens is 258 g/mol. The molecule has 0 atom stereocenters. The van der Waals surface area contributed by atoms with Crippen molar-refractivity contribution >= 4 is 17.4 Å². The van der Waals surface area contributed by atoms with E-state index >= 15 is 0 Å². The minimum Gasteiger partial charge on any atom is -0.363 e. The van der Waals surface area contributed by atoms with E-state index < -0.39 is 0 Å². The van der Waals surface area contributed by atoms with Gasteiger partial charge in [0.15, 0.2) is 0 Å². The number of alkyl halides is 1. The number of rotatable bonds is 5. The van der Waals surface area contributed by atoms with E-state index in [0.717, 1.165) is 31.5 Å². The third-order valence-electron chi connectivity index (χ3n) is 4.37. The summed E-state index contributed by atoms with van der Waals surface area (Å²) >= 11 is 6.18. The van der Waals surface area contributed by atoms with E-state index in [2.05, 4.69) is 29.1 Å². The van der Waals surface area contributed by atoms with Gasteiger partial charge in [0.1, 0.15) is 12.1 Å². The molecule has 19 heavy (non-hydrogen) atoms. The van der Waals surface area contributed by atoms with E-state index in [9.17, 15) is 0 Å². The van der Waals surface area contributed by atoms with Crippen LogP contribution in [0.2, 0.25) is 0 Å². The van der Waals surface area contributed by atoms with Gasteiger partial charge in [0, 0.05) is 17.1 Å². The van der Waals surface area contributed by atoms with E-state index in [4.69, 9.17) is 11.6 Å². The van der Waals surface area contributed by atoms with Gasteiger partial charge in [-0.25, -0.2) is 9.97 Å². The van der Waals surface area contributed by atoms with Gasteiger partial charge in [0.25, 0.3) is 0 Å². The maximum absolute atomic E-state index is 6.18. The number of nitrogens with one attached hydrogen (secondary N) is 1. The van der Waals surface area contributed by atoms with Crippen molar-refractivity contribution < 1.29 is 0 Å². The summed E-state index contributed by atoms with van der Waals surface area (Å²) in [7, 11) is 0. The van der Waals surface area contributed by atoms with Crippen LogP contribution in [-0.4, -0.2) is 21.4 Å². The number of hydrogen-bond donors (Lipinski definition) is 1. The maximum atomic E-state index is 6.18. The van der Waals surface area contributed by atoms with Crippen LogP contribution in [0.3, 0.4) is 0 Å². The number of aryl methyl sites for hydroxylation is 1. The van der Waals surface area contributed by atoms with Gasteiger partial charge >= 0.3 is 0 Å². The maximum Gasteiger partial charge on any atom is 0.133 e. The molecule has 0 saturated heterocycles. The van der Waals surface area contributed by atoms with Gasteiger partial charge in [-0.15, -0.1) is 11.6 Å². The molecule has 0 radical (unpaired) electrons.